The van der Waals surface area contributed by atoms with E-state index >= 15 is 0 Å². The number of methoxy groups -OCH3 is 1. The van der Waals surface area contributed by atoms with Gasteiger partial charge in [-0.3, -0.25) is 0 Å². The Kier molecular flexibility index (Phi) is 3.63. The predicted octanol–water partition coefficient (Wildman–Crippen LogP) is 2.90. The molecule has 0 bridgehead atoms. The summed E-state index contributed by atoms with van der Waals surface area (Å²) in [4.78, 5) is 3.85. The summed E-state index contributed by atoms with van der Waals surface area (Å²) in [5.74, 6) is -0.380. The molecule has 0 saturated heterocycles. The molecule has 0 aliphatic rings. The Morgan fingerprint density at radius 2 is 2.00 bits per heavy atom. The molecule has 1 aromatic heterocycles. The molecule has 7 heteroatoms. The van der Waals surface area contributed by atoms with Crippen molar-refractivity contribution in [3.63, 3.8) is 0 Å². The second-order valence-electron chi connectivity index (χ2n) is 2.62. The van der Waals surface area contributed by atoms with Crippen LogP contribution in [0.4, 0.5) is 13.2 Å². The van der Waals surface area contributed by atoms with Crippen molar-refractivity contribution < 1.29 is 22.6 Å². The van der Waals surface area contributed by atoms with E-state index in [1.54, 1.807) is 0 Å². The van der Waals surface area contributed by atoms with E-state index in [0.717, 1.165) is 0 Å². The Balaban J connectivity index is 3.18. The van der Waals surface area contributed by atoms with Gasteiger partial charge in [-0.15, -0.1) is 13.2 Å². The maximum Gasteiger partial charge on any atom is 0.573 e. The molecular formula is C8H7F3INO2. The van der Waals surface area contributed by atoms with Crippen LogP contribution in [0.15, 0.2) is 6.20 Å². The third-order valence-electron chi connectivity index (χ3n) is 1.61. The molecule has 0 atom stereocenters. The van der Waals surface area contributed by atoms with E-state index in [-0.39, 0.29) is 11.5 Å². The summed E-state index contributed by atoms with van der Waals surface area (Å²) < 4.78 is 45.2. The van der Waals surface area contributed by atoms with Crippen molar-refractivity contribution >= 4 is 22.6 Å². The molecule has 0 aromatic carbocycles. The van der Waals surface area contributed by atoms with Crippen molar-refractivity contribution in [2.45, 2.75) is 13.3 Å². The fraction of sp³-hybridized carbons (Fsp3) is 0.375. The number of aromatic nitrogens is 1. The van der Waals surface area contributed by atoms with Gasteiger partial charge < -0.3 is 9.47 Å². The second-order valence-corrected chi connectivity index (χ2v) is 3.64. The lowest BCUT2D eigenvalue weighted by Gasteiger charge is -2.14. The lowest BCUT2D eigenvalue weighted by molar-refractivity contribution is -0.275. The van der Waals surface area contributed by atoms with Gasteiger partial charge >= 0.3 is 6.36 Å². The highest BCUT2D eigenvalue weighted by Crippen LogP contribution is 2.35. The molecule has 15 heavy (non-hydrogen) atoms. The summed E-state index contributed by atoms with van der Waals surface area (Å²) in [6, 6.07) is 0. The van der Waals surface area contributed by atoms with Crippen LogP contribution >= 0.6 is 22.6 Å². The second kappa shape index (κ2) is 4.42. The summed E-state index contributed by atoms with van der Waals surface area (Å²) >= 11 is 1.82. The van der Waals surface area contributed by atoms with Crippen molar-refractivity contribution in [3.05, 3.63) is 15.5 Å². The van der Waals surface area contributed by atoms with E-state index in [0.29, 0.717) is 9.26 Å². The summed E-state index contributed by atoms with van der Waals surface area (Å²) in [6.07, 6.45) is -3.54. The molecule has 0 saturated carbocycles. The zero-order valence-electron chi connectivity index (χ0n) is 7.85. The Morgan fingerprint density at radius 3 is 2.47 bits per heavy atom. The van der Waals surface area contributed by atoms with Crippen molar-refractivity contribution in [2.24, 2.45) is 0 Å². The fourth-order valence-electron chi connectivity index (χ4n) is 0.937. The molecule has 1 aromatic rings. The van der Waals surface area contributed by atoms with E-state index < -0.39 is 6.36 Å². The monoisotopic (exact) mass is 333 g/mol. The van der Waals surface area contributed by atoms with Crippen molar-refractivity contribution in [3.8, 4) is 11.5 Å². The first-order valence-corrected chi connectivity index (χ1v) is 4.88. The number of nitrogens with zero attached hydrogens (tertiary/aromatic N) is 1. The molecule has 0 aliphatic heterocycles. The number of pyridine rings is 1. The third-order valence-corrected chi connectivity index (χ3v) is 2.69. The minimum absolute atomic E-state index is 0.0368. The van der Waals surface area contributed by atoms with Gasteiger partial charge in [-0.25, -0.2) is 4.98 Å². The average molecular weight is 333 g/mol. The molecule has 0 fully saturated rings. The summed E-state index contributed by atoms with van der Waals surface area (Å²) in [5.41, 5.74) is 0.298. The van der Waals surface area contributed by atoms with Gasteiger partial charge in [0.25, 0.3) is 0 Å². The Morgan fingerprint density at radius 1 is 1.40 bits per heavy atom. The molecular weight excluding hydrogens is 326 g/mol. The van der Waals surface area contributed by atoms with Gasteiger partial charge in [0.15, 0.2) is 11.5 Å². The van der Waals surface area contributed by atoms with Crippen LogP contribution in [0, 0.1) is 10.6 Å². The fourth-order valence-corrected chi connectivity index (χ4v) is 1.32. The van der Waals surface area contributed by atoms with Crippen LogP contribution < -0.4 is 9.47 Å². The first kappa shape index (κ1) is 12.3. The SMILES string of the molecule is COc1cnc(I)c(C)c1OC(F)(F)F. The first-order valence-electron chi connectivity index (χ1n) is 3.80. The third kappa shape index (κ3) is 3.11. The smallest absolute Gasteiger partial charge is 0.491 e. The normalized spacial score (nSPS) is 11.3. The maximum absolute atomic E-state index is 12.1. The topological polar surface area (TPSA) is 31.4 Å². The molecule has 0 spiro atoms. The molecule has 0 amide bonds. The van der Waals surface area contributed by atoms with Gasteiger partial charge in [-0.1, -0.05) is 0 Å². The highest BCUT2D eigenvalue weighted by Gasteiger charge is 2.33. The highest BCUT2D eigenvalue weighted by atomic mass is 127. The minimum atomic E-state index is -4.73. The lowest BCUT2D eigenvalue weighted by Crippen LogP contribution is -2.18. The van der Waals surface area contributed by atoms with Crippen LogP contribution in [-0.4, -0.2) is 18.5 Å². The van der Waals surface area contributed by atoms with E-state index in [2.05, 4.69) is 9.72 Å². The maximum atomic E-state index is 12.1. The quantitative estimate of drug-likeness (QED) is 0.616. The van der Waals surface area contributed by atoms with E-state index in [1.165, 1.54) is 20.2 Å². The van der Waals surface area contributed by atoms with Gasteiger partial charge in [0.05, 0.1) is 13.3 Å². The predicted molar refractivity (Wildman–Crippen MR) is 54.9 cm³/mol. The lowest BCUT2D eigenvalue weighted by atomic mass is 10.3. The van der Waals surface area contributed by atoms with Gasteiger partial charge in [0, 0.05) is 5.56 Å². The molecule has 1 heterocycles. The van der Waals surface area contributed by atoms with Crippen LogP contribution in [0.2, 0.25) is 0 Å². The average Bonchev–Trinajstić information content (AvgIpc) is 2.11. The number of rotatable bonds is 2. The summed E-state index contributed by atoms with van der Waals surface area (Å²) in [7, 11) is 1.26. The molecule has 0 unspecified atom stereocenters. The van der Waals surface area contributed by atoms with Crippen LogP contribution in [0.5, 0.6) is 11.5 Å². The standard InChI is InChI=1S/C8H7F3INO2/c1-4-6(15-8(9,10)11)5(14-2)3-13-7(4)12/h3H,1-2H3. The molecule has 0 N–H and O–H groups in total. The molecule has 3 nitrogen and oxygen atoms in total. The molecule has 0 aliphatic carbocycles. The molecule has 84 valence electrons. The zero-order valence-corrected chi connectivity index (χ0v) is 10.0. The number of hydrogen-bond donors (Lipinski definition) is 0. The van der Waals surface area contributed by atoms with Gasteiger partial charge in [-0.2, -0.15) is 0 Å². The van der Waals surface area contributed by atoms with E-state index in [1.807, 2.05) is 22.6 Å². The summed E-state index contributed by atoms with van der Waals surface area (Å²) in [6.45, 7) is 1.48. The highest BCUT2D eigenvalue weighted by molar-refractivity contribution is 14.1. The number of alkyl halides is 3. The van der Waals surface area contributed by atoms with Gasteiger partial charge in [-0.05, 0) is 29.5 Å². The Hall–Kier alpha value is -0.730. The Bertz CT molecular complexity index is 368. The number of ether oxygens (including phenoxy) is 2. The largest absolute Gasteiger partial charge is 0.573 e. The van der Waals surface area contributed by atoms with Crippen LogP contribution in [0.25, 0.3) is 0 Å². The van der Waals surface area contributed by atoms with Crippen LogP contribution in [0.3, 0.4) is 0 Å². The van der Waals surface area contributed by atoms with Crippen LogP contribution in [-0.2, 0) is 0 Å². The summed E-state index contributed by atoms with van der Waals surface area (Å²) in [5, 5.41) is 0. The first-order chi connectivity index (χ1) is 6.85. The van der Waals surface area contributed by atoms with E-state index in [9.17, 15) is 13.2 Å². The van der Waals surface area contributed by atoms with Crippen molar-refractivity contribution in [2.75, 3.05) is 7.11 Å². The van der Waals surface area contributed by atoms with Gasteiger partial charge in [0.1, 0.15) is 3.70 Å². The van der Waals surface area contributed by atoms with Crippen molar-refractivity contribution in [1.82, 2.24) is 4.98 Å². The van der Waals surface area contributed by atoms with Gasteiger partial charge in [0.2, 0.25) is 0 Å². The van der Waals surface area contributed by atoms with Crippen LogP contribution in [0.1, 0.15) is 5.56 Å². The Labute approximate surface area is 97.7 Å². The number of halogens is 4. The van der Waals surface area contributed by atoms with E-state index in [4.69, 9.17) is 4.74 Å². The number of hydrogen-bond acceptors (Lipinski definition) is 3. The zero-order chi connectivity index (χ0) is 11.6. The van der Waals surface area contributed by atoms with Crippen molar-refractivity contribution in [1.29, 1.82) is 0 Å². The minimum Gasteiger partial charge on any atom is -0.491 e. The molecule has 1 rings (SSSR count). The molecule has 0 radical (unpaired) electrons.